The van der Waals surface area contributed by atoms with Crippen LogP contribution in [0.5, 0.6) is 0 Å². The fourth-order valence-electron chi connectivity index (χ4n) is 0.381. The molecule has 10 heavy (non-hydrogen) atoms. The summed E-state index contributed by atoms with van der Waals surface area (Å²) in [5.41, 5.74) is 5.12. The Morgan fingerprint density at radius 2 is 2.30 bits per heavy atom. The van der Waals surface area contributed by atoms with Crippen molar-refractivity contribution in [2.75, 3.05) is 27.3 Å². The Balaban J connectivity index is 3.70. The molecule has 0 aliphatic heterocycles. The summed E-state index contributed by atoms with van der Waals surface area (Å²) in [5.74, 6) is 0. The Bertz CT molecular complexity index is 122. The summed E-state index contributed by atoms with van der Waals surface area (Å²) in [4.78, 5) is 0. The van der Waals surface area contributed by atoms with E-state index in [0.717, 1.165) is 0 Å². The standard InChI is InChI=1S/C4H13N2O3P/c1-6-10(7,8-2)9-4-3-5/h3-5H2,1-2H3,(H,6,7). The summed E-state index contributed by atoms with van der Waals surface area (Å²) in [6.45, 7) is 0.557. The van der Waals surface area contributed by atoms with Gasteiger partial charge in [-0.2, -0.15) is 0 Å². The second-order valence-corrected chi connectivity index (χ2v) is 3.59. The second-order valence-electron chi connectivity index (χ2n) is 1.53. The Hall–Kier alpha value is 0.0700. The number of nitrogens with one attached hydrogen (secondary N) is 1. The minimum atomic E-state index is -3.03. The van der Waals surface area contributed by atoms with Crippen LogP contribution in [0, 0.1) is 0 Å². The summed E-state index contributed by atoms with van der Waals surface area (Å²) in [6.07, 6.45) is 0. The minimum absolute atomic E-state index is 0.228. The number of nitrogens with two attached hydrogens (primary N) is 1. The van der Waals surface area contributed by atoms with Crippen LogP contribution >= 0.6 is 7.75 Å². The predicted molar refractivity (Wildman–Crippen MR) is 38.7 cm³/mol. The maximum absolute atomic E-state index is 11.1. The third-order valence-electron chi connectivity index (χ3n) is 0.893. The lowest BCUT2D eigenvalue weighted by Gasteiger charge is -2.13. The zero-order chi connectivity index (χ0) is 8.04. The van der Waals surface area contributed by atoms with Gasteiger partial charge in [0.25, 0.3) is 0 Å². The van der Waals surface area contributed by atoms with E-state index in [-0.39, 0.29) is 6.61 Å². The maximum atomic E-state index is 11.1. The Labute approximate surface area is 60.5 Å². The van der Waals surface area contributed by atoms with Gasteiger partial charge in [-0.25, -0.2) is 9.65 Å². The first-order chi connectivity index (χ1) is 4.68. The first-order valence-electron chi connectivity index (χ1n) is 2.88. The Morgan fingerprint density at radius 1 is 1.70 bits per heavy atom. The highest BCUT2D eigenvalue weighted by Crippen LogP contribution is 2.41. The summed E-state index contributed by atoms with van der Waals surface area (Å²) >= 11 is 0. The first kappa shape index (κ1) is 10.1. The molecule has 1 unspecified atom stereocenters. The van der Waals surface area contributed by atoms with Crippen LogP contribution in [-0.4, -0.2) is 27.3 Å². The van der Waals surface area contributed by atoms with Crippen LogP contribution in [0.1, 0.15) is 0 Å². The third-order valence-corrected chi connectivity index (χ3v) is 2.44. The van der Waals surface area contributed by atoms with Crippen LogP contribution in [0.4, 0.5) is 0 Å². The number of rotatable bonds is 5. The molecule has 0 aromatic carbocycles. The van der Waals surface area contributed by atoms with E-state index in [4.69, 9.17) is 10.3 Å². The zero-order valence-electron chi connectivity index (χ0n) is 6.16. The van der Waals surface area contributed by atoms with Crippen LogP contribution in [0.3, 0.4) is 0 Å². The molecule has 5 nitrogen and oxygen atoms in total. The van der Waals surface area contributed by atoms with Crippen molar-refractivity contribution < 1.29 is 13.6 Å². The molecule has 0 bridgehead atoms. The largest absolute Gasteiger partial charge is 0.405 e. The molecule has 3 N–H and O–H groups in total. The molecule has 0 radical (unpaired) electrons. The van der Waals surface area contributed by atoms with Crippen LogP contribution in [-0.2, 0) is 13.6 Å². The van der Waals surface area contributed by atoms with E-state index in [1.54, 1.807) is 0 Å². The van der Waals surface area contributed by atoms with Gasteiger partial charge in [0.05, 0.1) is 6.61 Å². The van der Waals surface area contributed by atoms with Gasteiger partial charge in [0, 0.05) is 13.7 Å². The number of hydrogen-bond donors (Lipinski definition) is 2. The van der Waals surface area contributed by atoms with Gasteiger partial charge in [0.1, 0.15) is 0 Å². The summed E-state index contributed by atoms with van der Waals surface area (Å²) in [5, 5.41) is 2.42. The van der Waals surface area contributed by atoms with Crippen molar-refractivity contribution in [1.29, 1.82) is 0 Å². The molecule has 0 rings (SSSR count). The van der Waals surface area contributed by atoms with E-state index < -0.39 is 7.75 Å². The molecule has 0 aromatic heterocycles. The van der Waals surface area contributed by atoms with Gasteiger partial charge in [-0.1, -0.05) is 0 Å². The smallest absolute Gasteiger partial charge is 0.328 e. The topological polar surface area (TPSA) is 73.6 Å². The van der Waals surface area contributed by atoms with E-state index in [1.807, 2.05) is 0 Å². The normalized spacial score (nSPS) is 16.7. The van der Waals surface area contributed by atoms with Gasteiger partial charge >= 0.3 is 7.75 Å². The lowest BCUT2D eigenvalue weighted by Crippen LogP contribution is -2.13. The van der Waals surface area contributed by atoms with Crippen molar-refractivity contribution >= 4 is 7.75 Å². The lowest BCUT2D eigenvalue weighted by atomic mass is 10.8. The predicted octanol–water partition coefficient (Wildman–Crippen LogP) is -0.0644. The van der Waals surface area contributed by atoms with E-state index in [2.05, 4.69) is 9.61 Å². The average Bonchev–Trinajstić information content (AvgIpc) is 2.00. The third kappa shape index (κ3) is 3.29. The molecule has 0 saturated heterocycles. The van der Waals surface area contributed by atoms with Crippen LogP contribution < -0.4 is 10.8 Å². The molecule has 62 valence electrons. The van der Waals surface area contributed by atoms with Crippen LogP contribution in [0.25, 0.3) is 0 Å². The average molecular weight is 168 g/mol. The molecule has 0 saturated carbocycles. The summed E-state index contributed by atoms with van der Waals surface area (Å²) in [7, 11) is -0.214. The number of hydrogen-bond acceptors (Lipinski definition) is 4. The van der Waals surface area contributed by atoms with Crippen molar-refractivity contribution in [2.24, 2.45) is 5.73 Å². The molecule has 0 heterocycles. The van der Waals surface area contributed by atoms with Crippen molar-refractivity contribution in [3.05, 3.63) is 0 Å². The monoisotopic (exact) mass is 168 g/mol. The molecule has 0 aliphatic rings. The molecule has 0 spiro atoms. The van der Waals surface area contributed by atoms with Crippen molar-refractivity contribution in [3.8, 4) is 0 Å². The molecular formula is C4H13N2O3P. The fourth-order valence-corrected chi connectivity index (χ4v) is 1.14. The van der Waals surface area contributed by atoms with Gasteiger partial charge < -0.3 is 10.3 Å². The molecular weight excluding hydrogens is 155 g/mol. The minimum Gasteiger partial charge on any atom is -0.328 e. The summed E-state index contributed by atoms with van der Waals surface area (Å²) in [6, 6.07) is 0. The van der Waals surface area contributed by atoms with Gasteiger partial charge in [-0.05, 0) is 7.05 Å². The highest BCUT2D eigenvalue weighted by molar-refractivity contribution is 7.51. The zero-order valence-corrected chi connectivity index (χ0v) is 7.06. The molecule has 0 amide bonds. The lowest BCUT2D eigenvalue weighted by molar-refractivity contribution is 0.232. The van der Waals surface area contributed by atoms with Crippen LogP contribution in [0.15, 0.2) is 0 Å². The quantitative estimate of drug-likeness (QED) is 0.562. The van der Waals surface area contributed by atoms with E-state index in [1.165, 1.54) is 14.2 Å². The molecule has 0 aromatic rings. The fraction of sp³-hybridized carbons (Fsp3) is 1.00. The van der Waals surface area contributed by atoms with E-state index >= 15 is 0 Å². The second kappa shape index (κ2) is 4.82. The Kier molecular flexibility index (Phi) is 4.85. The highest BCUT2D eigenvalue weighted by atomic mass is 31.2. The van der Waals surface area contributed by atoms with Gasteiger partial charge in [0.2, 0.25) is 0 Å². The van der Waals surface area contributed by atoms with Gasteiger partial charge in [-0.3, -0.25) is 4.52 Å². The molecule has 0 aliphatic carbocycles. The summed E-state index contributed by atoms with van der Waals surface area (Å²) < 4.78 is 20.4. The van der Waals surface area contributed by atoms with Crippen LogP contribution in [0.2, 0.25) is 0 Å². The van der Waals surface area contributed by atoms with Crippen molar-refractivity contribution in [1.82, 2.24) is 5.09 Å². The first-order valence-corrected chi connectivity index (χ1v) is 4.42. The molecule has 6 heteroatoms. The van der Waals surface area contributed by atoms with Crippen molar-refractivity contribution in [2.45, 2.75) is 0 Å². The van der Waals surface area contributed by atoms with E-state index in [9.17, 15) is 4.57 Å². The van der Waals surface area contributed by atoms with E-state index in [0.29, 0.717) is 6.54 Å². The Morgan fingerprint density at radius 3 is 2.60 bits per heavy atom. The van der Waals surface area contributed by atoms with Gasteiger partial charge in [0.15, 0.2) is 0 Å². The SMILES string of the molecule is CNP(=O)(OC)OCCN. The van der Waals surface area contributed by atoms with Crippen molar-refractivity contribution in [3.63, 3.8) is 0 Å². The highest BCUT2D eigenvalue weighted by Gasteiger charge is 2.18. The maximum Gasteiger partial charge on any atom is 0.405 e. The van der Waals surface area contributed by atoms with Gasteiger partial charge in [-0.15, -0.1) is 0 Å². The molecule has 1 atom stereocenters. The molecule has 0 fully saturated rings.